The highest BCUT2D eigenvalue weighted by molar-refractivity contribution is 6.49. The van der Waals surface area contributed by atoms with Gasteiger partial charge in [0.1, 0.15) is 0 Å². The molecular weight excluding hydrogens is 535 g/mol. The number of alkyl halides is 3. The zero-order chi connectivity index (χ0) is 28.5. The summed E-state index contributed by atoms with van der Waals surface area (Å²) in [5.41, 5.74) is 5.29. The second-order valence-corrected chi connectivity index (χ2v) is 10.9. The fraction of sp³-hybridized carbons (Fsp3) is 0.379. The number of halogens is 3. The Morgan fingerprint density at radius 3 is 2.54 bits per heavy atom. The minimum atomic E-state index is -4.70. The fourth-order valence-electron chi connectivity index (χ4n) is 6.08. The van der Waals surface area contributed by atoms with Crippen LogP contribution in [0.25, 0.3) is 5.69 Å². The van der Waals surface area contributed by atoms with E-state index in [0.29, 0.717) is 31.8 Å². The first-order valence-corrected chi connectivity index (χ1v) is 13.6. The van der Waals surface area contributed by atoms with Crippen LogP contribution in [0.15, 0.2) is 63.7 Å². The van der Waals surface area contributed by atoms with Crippen LogP contribution in [0.1, 0.15) is 53.7 Å². The summed E-state index contributed by atoms with van der Waals surface area (Å²) in [4.78, 5) is 41.0. The Balaban J connectivity index is 1.22. The van der Waals surface area contributed by atoms with Gasteiger partial charge < -0.3 is 9.80 Å². The van der Waals surface area contributed by atoms with E-state index in [0.717, 1.165) is 22.6 Å². The molecule has 2 amide bonds. The Morgan fingerprint density at radius 1 is 1.05 bits per heavy atom. The minimum absolute atomic E-state index is 0.0216. The van der Waals surface area contributed by atoms with Gasteiger partial charge in [-0.15, -0.1) is 0 Å². The second kappa shape index (κ2) is 9.35. The SMILES string of the molecule is C=CC(=O)N1CCc2nn(-c3ccc(C4CC4)cc3)c3c2C(C1)N(C(=O)C1=CN=C2N=C(C(F)(F)F)N=C2C1)CC3. The third-order valence-corrected chi connectivity index (χ3v) is 8.28. The van der Waals surface area contributed by atoms with Crippen molar-refractivity contribution >= 4 is 29.2 Å². The van der Waals surface area contributed by atoms with Gasteiger partial charge in [-0.2, -0.15) is 18.3 Å². The number of amidine groups is 2. The smallest absolute Gasteiger partial charge is 0.336 e. The summed E-state index contributed by atoms with van der Waals surface area (Å²) in [5, 5.41) is 4.97. The molecule has 0 radical (unpaired) electrons. The molecule has 0 bridgehead atoms. The number of amides is 2. The molecule has 41 heavy (non-hydrogen) atoms. The van der Waals surface area contributed by atoms with E-state index in [2.05, 4.69) is 45.8 Å². The molecular formula is C29H26F3N7O2. The molecule has 5 aliphatic rings. The number of carbonyl (C=O) groups is 2. The van der Waals surface area contributed by atoms with Gasteiger partial charge in [-0.05, 0) is 42.5 Å². The number of aliphatic imine (C=N–C) groups is 3. The van der Waals surface area contributed by atoms with E-state index < -0.39 is 18.1 Å². The van der Waals surface area contributed by atoms with Gasteiger partial charge in [0, 0.05) is 56.2 Å². The van der Waals surface area contributed by atoms with Crippen molar-refractivity contribution < 1.29 is 22.8 Å². The first-order chi connectivity index (χ1) is 19.7. The minimum Gasteiger partial charge on any atom is -0.336 e. The van der Waals surface area contributed by atoms with E-state index in [1.807, 2.05) is 4.68 Å². The van der Waals surface area contributed by atoms with Crippen LogP contribution < -0.4 is 0 Å². The second-order valence-electron chi connectivity index (χ2n) is 10.9. The molecule has 0 spiro atoms. The number of benzene rings is 1. The van der Waals surface area contributed by atoms with E-state index in [1.165, 1.54) is 30.7 Å². The van der Waals surface area contributed by atoms with Crippen LogP contribution in [0.5, 0.6) is 0 Å². The standard InChI is InChI=1S/C29H26F3N7O2/c1-2-24(40)37-11-9-20-25-22(39(36-20)19-7-5-17(6-8-19)16-3-4-16)10-12-38(23(25)15-37)27(41)18-13-21-26(33-14-18)35-28(34-21)29(30,31)32/h2,5-8,14,16,23H,1,3-4,9-13,15H2. The molecule has 0 N–H and O–H groups in total. The molecule has 7 rings (SSSR count). The van der Waals surface area contributed by atoms with Gasteiger partial charge in [0.15, 0.2) is 5.84 Å². The van der Waals surface area contributed by atoms with Crippen LogP contribution in [0.4, 0.5) is 13.2 Å². The molecule has 210 valence electrons. The molecule has 0 saturated heterocycles. The number of carbonyl (C=O) groups excluding carboxylic acids is 2. The lowest BCUT2D eigenvalue weighted by Crippen LogP contribution is -2.46. The topological polar surface area (TPSA) is 95.5 Å². The first-order valence-electron chi connectivity index (χ1n) is 13.6. The van der Waals surface area contributed by atoms with Gasteiger partial charge in [-0.3, -0.25) is 9.59 Å². The van der Waals surface area contributed by atoms with Crippen LogP contribution >= 0.6 is 0 Å². The summed E-state index contributed by atoms with van der Waals surface area (Å²) in [7, 11) is 0. The highest BCUT2D eigenvalue weighted by atomic mass is 19.4. The van der Waals surface area contributed by atoms with Crippen LogP contribution in [-0.2, 0) is 22.4 Å². The van der Waals surface area contributed by atoms with Gasteiger partial charge in [0.05, 0.1) is 28.8 Å². The van der Waals surface area contributed by atoms with E-state index in [9.17, 15) is 22.8 Å². The van der Waals surface area contributed by atoms with E-state index >= 15 is 0 Å². The molecule has 1 aromatic heterocycles. The number of hydrogen-bond acceptors (Lipinski definition) is 6. The van der Waals surface area contributed by atoms with Crippen LogP contribution in [0.2, 0.25) is 0 Å². The number of fused-ring (bicyclic) bond motifs is 1. The van der Waals surface area contributed by atoms with E-state index in [1.54, 1.807) is 9.80 Å². The summed E-state index contributed by atoms with van der Waals surface area (Å²) >= 11 is 0. The average molecular weight is 562 g/mol. The molecule has 1 atom stereocenters. The first kappa shape index (κ1) is 25.6. The average Bonchev–Trinajstić information content (AvgIpc) is 3.66. The van der Waals surface area contributed by atoms with Crippen LogP contribution in [-0.4, -0.2) is 74.6 Å². The Kier molecular flexibility index (Phi) is 5.84. The molecule has 2 aromatic rings. The third-order valence-electron chi connectivity index (χ3n) is 8.28. The maximum Gasteiger partial charge on any atom is 0.451 e. The lowest BCUT2D eigenvalue weighted by Gasteiger charge is -2.38. The van der Waals surface area contributed by atoms with Crippen molar-refractivity contribution in [2.75, 3.05) is 19.6 Å². The van der Waals surface area contributed by atoms with Gasteiger partial charge in [0.2, 0.25) is 11.7 Å². The highest BCUT2D eigenvalue weighted by Gasteiger charge is 2.43. The molecule has 1 saturated carbocycles. The van der Waals surface area contributed by atoms with Crippen molar-refractivity contribution in [1.29, 1.82) is 0 Å². The summed E-state index contributed by atoms with van der Waals surface area (Å²) in [6, 6.07) is 7.98. The summed E-state index contributed by atoms with van der Waals surface area (Å²) < 4.78 is 41.4. The van der Waals surface area contributed by atoms with E-state index in [4.69, 9.17) is 5.10 Å². The van der Waals surface area contributed by atoms with E-state index in [-0.39, 0.29) is 41.9 Å². The van der Waals surface area contributed by atoms with Crippen molar-refractivity contribution in [2.24, 2.45) is 15.0 Å². The van der Waals surface area contributed by atoms with Crippen molar-refractivity contribution in [3.8, 4) is 5.69 Å². The molecule has 12 heteroatoms. The zero-order valence-electron chi connectivity index (χ0n) is 22.1. The van der Waals surface area contributed by atoms with Crippen molar-refractivity contribution in [3.63, 3.8) is 0 Å². The van der Waals surface area contributed by atoms with Gasteiger partial charge in [-0.1, -0.05) is 18.7 Å². The van der Waals surface area contributed by atoms with Gasteiger partial charge in [-0.25, -0.2) is 19.7 Å². The number of rotatable bonds is 4. The quantitative estimate of drug-likeness (QED) is 0.531. The number of hydrogen-bond donors (Lipinski definition) is 0. The number of nitrogens with zero attached hydrogens (tertiary/aromatic N) is 7. The van der Waals surface area contributed by atoms with Crippen molar-refractivity contribution in [2.45, 2.75) is 50.2 Å². The summed E-state index contributed by atoms with van der Waals surface area (Å²) in [6.45, 7) is 4.66. The molecule has 1 unspecified atom stereocenters. The maximum absolute atomic E-state index is 13.9. The Labute approximate surface area is 233 Å². The monoisotopic (exact) mass is 561 g/mol. The van der Waals surface area contributed by atoms with Gasteiger partial charge >= 0.3 is 6.18 Å². The van der Waals surface area contributed by atoms with Gasteiger partial charge in [0.25, 0.3) is 5.91 Å². The predicted molar refractivity (Wildman–Crippen MR) is 145 cm³/mol. The maximum atomic E-state index is 13.9. The molecule has 9 nitrogen and oxygen atoms in total. The fourth-order valence-corrected chi connectivity index (χ4v) is 6.08. The van der Waals surface area contributed by atoms with Crippen molar-refractivity contribution in [3.05, 3.63) is 71.2 Å². The summed E-state index contributed by atoms with van der Waals surface area (Å²) in [6.07, 6.45) is 1.24. The largest absolute Gasteiger partial charge is 0.451 e. The Hall–Kier alpha value is -4.35. The zero-order valence-corrected chi connectivity index (χ0v) is 22.1. The summed E-state index contributed by atoms with van der Waals surface area (Å²) in [5.74, 6) is -1.33. The molecule has 5 heterocycles. The highest BCUT2D eigenvalue weighted by Crippen LogP contribution is 2.41. The molecule has 1 aliphatic carbocycles. The molecule has 1 fully saturated rings. The molecule has 4 aliphatic heterocycles. The normalized spacial score (nSPS) is 21.7. The van der Waals surface area contributed by atoms with Crippen LogP contribution in [0, 0.1) is 0 Å². The van der Waals surface area contributed by atoms with Crippen LogP contribution in [0.3, 0.4) is 0 Å². The molecule has 1 aromatic carbocycles. The Morgan fingerprint density at radius 2 is 1.83 bits per heavy atom. The Bertz CT molecular complexity index is 1610. The number of aromatic nitrogens is 2. The van der Waals surface area contributed by atoms with Crippen molar-refractivity contribution in [1.82, 2.24) is 19.6 Å². The third kappa shape index (κ3) is 4.41. The predicted octanol–water partition coefficient (Wildman–Crippen LogP) is 3.85. The lowest BCUT2D eigenvalue weighted by atomic mass is 9.94. The lowest BCUT2D eigenvalue weighted by molar-refractivity contribution is -0.133.